The summed E-state index contributed by atoms with van der Waals surface area (Å²) in [6, 6.07) is 5.99. The maximum Gasteiger partial charge on any atom is 0.338 e. The Kier molecular flexibility index (Phi) is 5.43. The number of hydrogen-bond acceptors (Lipinski definition) is 5. The van der Waals surface area contributed by atoms with E-state index in [4.69, 9.17) is 4.74 Å². The second-order valence-corrected chi connectivity index (χ2v) is 6.78. The summed E-state index contributed by atoms with van der Waals surface area (Å²) >= 11 is 0. The highest BCUT2D eigenvalue weighted by Gasteiger charge is 2.52. The third-order valence-electron chi connectivity index (χ3n) is 4.92. The van der Waals surface area contributed by atoms with Gasteiger partial charge in [0.1, 0.15) is 5.54 Å². The number of benzene rings is 1. The molecule has 1 aliphatic carbocycles. The number of carbonyl (C=O) groups excluding carboxylic acids is 4. The van der Waals surface area contributed by atoms with Gasteiger partial charge in [0.05, 0.1) is 12.2 Å². The van der Waals surface area contributed by atoms with Gasteiger partial charge in [-0.15, -0.1) is 0 Å². The van der Waals surface area contributed by atoms with Crippen LogP contribution in [0.25, 0.3) is 0 Å². The van der Waals surface area contributed by atoms with E-state index in [1.165, 1.54) is 6.07 Å². The smallest absolute Gasteiger partial charge is 0.338 e. The number of ether oxygens (including phenoxy) is 1. The van der Waals surface area contributed by atoms with Crippen LogP contribution in [0.1, 0.15) is 49.4 Å². The lowest BCUT2D eigenvalue weighted by molar-refractivity contribution is -0.131. The first-order valence-electron chi connectivity index (χ1n) is 9.16. The van der Waals surface area contributed by atoms with Gasteiger partial charge in [0.25, 0.3) is 5.91 Å². The highest BCUT2D eigenvalue weighted by molar-refractivity contribution is 6.07. The van der Waals surface area contributed by atoms with Crippen molar-refractivity contribution in [1.82, 2.24) is 10.2 Å². The van der Waals surface area contributed by atoms with Crippen LogP contribution in [0.2, 0.25) is 0 Å². The summed E-state index contributed by atoms with van der Waals surface area (Å²) in [5.41, 5.74) is 0.0311. The number of esters is 1. The van der Waals surface area contributed by atoms with Crippen molar-refractivity contribution in [2.75, 3.05) is 18.5 Å². The molecule has 1 spiro atoms. The van der Waals surface area contributed by atoms with E-state index >= 15 is 0 Å². The Morgan fingerprint density at radius 3 is 2.70 bits per heavy atom. The number of carbonyl (C=O) groups is 4. The van der Waals surface area contributed by atoms with Gasteiger partial charge in [0.15, 0.2) is 0 Å². The molecule has 1 aliphatic heterocycles. The van der Waals surface area contributed by atoms with Crippen molar-refractivity contribution in [2.45, 2.75) is 44.6 Å². The Hall–Kier alpha value is -2.90. The molecule has 0 atom stereocenters. The van der Waals surface area contributed by atoms with Gasteiger partial charge >= 0.3 is 12.0 Å². The fraction of sp³-hybridized carbons (Fsp3) is 0.474. The van der Waals surface area contributed by atoms with Crippen LogP contribution in [0, 0.1) is 0 Å². The van der Waals surface area contributed by atoms with Crippen molar-refractivity contribution in [1.29, 1.82) is 0 Å². The molecule has 2 aliphatic rings. The Labute approximate surface area is 157 Å². The van der Waals surface area contributed by atoms with Gasteiger partial charge in [-0.1, -0.05) is 18.9 Å². The molecule has 1 aromatic carbocycles. The maximum absolute atomic E-state index is 12.6. The van der Waals surface area contributed by atoms with Crippen LogP contribution in [-0.2, 0) is 14.3 Å². The van der Waals surface area contributed by atoms with E-state index in [9.17, 15) is 19.2 Å². The van der Waals surface area contributed by atoms with Gasteiger partial charge in [-0.2, -0.15) is 0 Å². The zero-order chi connectivity index (χ0) is 19.4. The number of hydrogen-bond donors (Lipinski definition) is 2. The van der Waals surface area contributed by atoms with E-state index in [1.54, 1.807) is 25.1 Å². The first kappa shape index (κ1) is 18.9. The number of nitrogens with one attached hydrogen (secondary N) is 2. The topological polar surface area (TPSA) is 105 Å². The van der Waals surface area contributed by atoms with Crippen molar-refractivity contribution in [2.24, 2.45) is 0 Å². The normalized spacial score (nSPS) is 17.9. The van der Waals surface area contributed by atoms with Crippen molar-refractivity contribution >= 4 is 29.5 Å². The zero-order valence-corrected chi connectivity index (χ0v) is 15.2. The van der Waals surface area contributed by atoms with Gasteiger partial charge in [-0.25, -0.2) is 9.59 Å². The van der Waals surface area contributed by atoms with Crippen LogP contribution in [0.15, 0.2) is 24.3 Å². The lowest BCUT2D eigenvalue weighted by Gasteiger charge is -2.19. The van der Waals surface area contributed by atoms with Crippen molar-refractivity contribution in [3.63, 3.8) is 0 Å². The van der Waals surface area contributed by atoms with Crippen LogP contribution in [0.5, 0.6) is 0 Å². The molecular formula is C19H23N3O5. The fourth-order valence-corrected chi connectivity index (χ4v) is 3.57. The average Bonchev–Trinajstić information content (AvgIpc) is 3.20. The first-order valence-corrected chi connectivity index (χ1v) is 9.16. The zero-order valence-electron chi connectivity index (χ0n) is 15.2. The molecule has 0 unspecified atom stereocenters. The minimum absolute atomic E-state index is 0.0150. The van der Waals surface area contributed by atoms with E-state index in [-0.39, 0.29) is 31.4 Å². The summed E-state index contributed by atoms with van der Waals surface area (Å²) in [5, 5.41) is 5.47. The Bertz CT molecular complexity index is 770. The quantitative estimate of drug-likeness (QED) is 0.587. The Morgan fingerprint density at radius 2 is 2.00 bits per heavy atom. The molecule has 8 heteroatoms. The third kappa shape index (κ3) is 3.94. The van der Waals surface area contributed by atoms with Gasteiger partial charge < -0.3 is 15.4 Å². The maximum atomic E-state index is 12.6. The Morgan fingerprint density at radius 1 is 1.26 bits per heavy atom. The fourth-order valence-electron chi connectivity index (χ4n) is 3.57. The molecule has 0 radical (unpaired) electrons. The van der Waals surface area contributed by atoms with Crippen LogP contribution >= 0.6 is 0 Å². The number of imide groups is 1. The van der Waals surface area contributed by atoms with Gasteiger partial charge in [0, 0.05) is 18.7 Å². The summed E-state index contributed by atoms with van der Waals surface area (Å²) in [5.74, 6) is -1.04. The van der Waals surface area contributed by atoms with Crippen molar-refractivity contribution in [3.8, 4) is 0 Å². The molecule has 2 N–H and O–H groups in total. The highest BCUT2D eigenvalue weighted by Crippen LogP contribution is 2.35. The minimum Gasteiger partial charge on any atom is -0.462 e. The molecule has 4 amide bonds. The summed E-state index contributed by atoms with van der Waals surface area (Å²) in [6.07, 6.45) is 3.12. The van der Waals surface area contributed by atoms with E-state index in [0.29, 0.717) is 24.1 Å². The molecule has 3 rings (SSSR count). The number of anilines is 1. The summed E-state index contributed by atoms with van der Waals surface area (Å²) in [6.45, 7) is 2.01. The highest BCUT2D eigenvalue weighted by atomic mass is 16.5. The second-order valence-electron chi connectivity index (χ2n) is 6.78. The largest absolute Gasteiger partial charge is 0.462 e. The molecule has 0 bridgehead atoms. The van der Waals surface area contributed by atoms with Crippen molar-refractivity contribution in [3.05, 3.63) is 29.8 Å². The number of amides is 4. The van der Waals surface area contributed by atoms with Crippen LogP contribution in [0.4, 0.5) is 10.5 Å². The summed E-state index contributed by atoms with van der Waals surface area (Å²) < 4.78 is 4.93. The summed E-state index contributed by atoms with van der Waals surface area (Å²) in [4.78, 5) is 49.7. The van der Waals surface area contributed by atoms with E-state index in [0.717, 1.165) is 17.7 Å². The molecular weight excluding hydrogens is 350 g/mol. The van der Waals surface area contributed by atoms with E-state index < -0.39 is 17.5 Å². The SMILES string of the molecule is CCOC(=O)c1cccc(NC(=O)CCN2C(=O)NC3(CCCC3)C2=O)c1. The van der Waals surface area contributed by atoms with E-state index in [2.05, 4.69) is 10.6 Å². The standard InChI is InChI=1S/C19H23N3O5/c1-2-27-16(24)13-6-5-7-14(12-13)20-15(23)8-11-22-17(25)19(21-18(22)26)9-3-4-10-19/h5-7,12H,2-4,8-11H2,1H3,(H,20,23)(H,21,26). The van der Waals surface area contributed by atoms with Crippen LogP contribution in [-0.4, -0.2) is 47.4 Å². The van der Waals surface area contributed by atoms with Crippen LogP contribution in [0.3, 0.4) is 0 Å². The monoisotopic (exact) mass is 373 g/mol. The minimum atomic E-state index is -0.762. The number of urea groups is 1. The van der Waals surface area contributed by atoms with E-state index in [1.807, 2.05) is 0 Å². The third-order valence-corrected chi connectivity index (χ3v) is 4.92. The molecule has 8 nitrogen and oxygen atoms in total. The molecule has 1 saturated carbocycles. The van der Waals surface area contributed by atoms with Gasteiger partial charge in [0.2, 0.25) is 5.91 Å². The van der Waals surface area contributed by atoms with Crippen molar-refractivity contribution < 1.29 is 23.9 Å². The first-order chi connectivity index (χ1) is 12.9. The Balaban J connectivity index is 1.56. The lowest BCUT2D eigenvalue weighted by atomic mass is 9.98. The summed E-state index contributed by atoms with van der Waals surface area (Å²) in [7, 11) is 0. The molecule has 1 heterocycles. The molecule has 0 aromatic heterocycles. The van der Waals surface area contributed by atoms with Gasteiger partial charge in [-0.05, 0) is 38.0 Å². The predicted octanol–water partition coefficient (Wildman–Crippen LogP) is 2.06. The molecule has 2 fully saturated rings. The molecule has 1 saturated heterocycles. The second kappa shape index (κ2) is 7.77. The number of nitrogens with zero attached hydrogens (tertiary/aromatic N) is 1. The lowest BCUT2D eigenvalue weighted by Crippen LogP contribution is -2.44. The number of rotatable bonds is 6. The van der Waals surface area contributed by atoms with Crippen LogP contribution < -0.4 is 10.6 Å². The average molecular weight is 373 g/mol. The molecule has 144 valence electrons. The van der Waals surface area contributed by atoms with Gasteiger partial charge in [-0.3, -0.25) is 14.5 Å². The molecule has 27 heavy (non-hydrogen) atoms. The predicted molar refractivity (Wildman–Crippen MR) is 97.1 cm³/mol. The molecule has 1 aromatic rings.